The van der Waals surface area contributed by atoms with E-state index in [4.69, 9.17) is 0 Å². The highest BCUT2D eigenvalue weighted by Gasteiger charge is 2.37. The number of benzene rings is 1. The van der Waals surface area contributed by atoms with Crippen molar-refractivity contribution in [1.29, 1.82) is 0 Å². The van der Waals surface area contributed by atoms with Crippen LogP contribution in [0.25, 0.3) is 0 Å². The fourth-order valence-electron chi connectivity index (χ4n) is 1.74. The van der Waals surface area contributed by atoms with Crippen LogP contribution in [0.5, 0.6) is 0 Å². The van der Waals surface area contributed by atoms with Gasteiger partial charge in [0.25, 0.3) is 0 Å². The lowest BCUT2D eigenvalue weighted by molar-refractivity contribution is -0.0328. The summed E-state index contributed by atoms with van der Waals surface area (Å²) in [6, 6.07) is 6.72. The molecule has 0 aliphatic heterocycles. The van der Waals surface area contributed by atoms with Crippen LogP contribution in [0.3, 0.4) is 0 Å². The van der Waals surface area contributed by atoms with Gasteiger partial charge in [-0.25, -0.2) is 0 Å². The molecule has 5 heteroatoms. The van der Waals surface area contributed by atoms with E-state index < -0.39 is 5.51 Å². The molecule has 1 saturated carbocycles. The van der Waals surface area contributed by atoms with Crippen molar-refractivity contribution in [2.24, 2.45) is 5.92 Å². The summed E-state index contributed by atoms with van der Waals surface area (Å²) < 4.78 is 36.3. The van der Waals surface area contributed by atoms with Gasteiger partial charge in [-0.3, -0.25) is 0 Å². The molecular formula is C11H10BrF3S. The molecule has 2 atom stereocenters. The number of thioether (sulfide) groups is 1. The molecule has 1 fully saturated rings. The van der Waals surface area contributed by atoms with E-state index in [9.17, 15) is 13.2 Å². The Balaban J connectivity index is 2.00. The summed E-state index contributed by atoms with van der Waals surface area (Å²) in [5.41, 5.74) is -3.05. The highest BCUT2D eigenvalue weighted by molar-refractivity contribution is 9.09. The van der Waals surface area contributed by atoms with Gasteiger partial charge in [0, 0.05) is 10.2 Å². The Labute approximate surface area is 105 Å². The Kier molecular flexibility index (Phi) is 3.54. The van der Waals surface area contributed by atoms with Crippen LogP contribution < -0.4 is 0 Å². The molecule has 16 heavy (non-hydrogen) atoms. The van der Waals surface area contributed by atoms with E-state index in [2.05, 4.69) is 15.9 Å². The zero-order valence-corrected chi connectivity index (χ0v) is 10.7. The largest absolute Gasteiger partial charge is 0.446 e. The van der Waals surface area contributed by atoms with Gasteiger partial charge in [-0.05, 0) is 47.7 Å². The first-order valence-electron chi connectivity index (χ1n) is 4.91. The number of halogens is 4. The van der Waals surface area contributed by atoms with Crippen molar-refractivity contribution >= 4 is 27.7 Å². The third kappa shape index (κ3) is 3.17. The van der Waals surface area contributed by atoms with Gasteiger partial charge in [0.2, 0.25) is 0 Å². The quantitative estimate of drug-likeness (QED) is 0.571. The van der Waals surface area contributed by atoms with Crippen LogP contribution in [0.1, 0.15) is 17.9 Å². The molecule has 0 nitrogen and oxygen atoms in total. The highest BCUT2D eigenvalue weighted by atomic mass is 79.9. The monoisotopic (exact) mass is 310 g/mol. The lowest BCUT2D eigenvalue weighted by atomic mass is 10.1. The van der Waals surface area contributed by atoms with Gasteiger partial charge in [-0.1, -0.05) is 28.1 Å². The Morgan fingerprint density at radius 2 is 1.88 bits per heavy atom. The van der Waals surface area contributed by atoms with E-state index in [-0.39, 0.29) is 16.7 Å². The molecule has 2 rings (SSSR count). The average Bonchev–Trinajstić information content (AvgIpc) is 2.95. The van der Waals surface area contributed by atoms with E-state index in [1.54, 1.807) is 24.3 Å². The summed E-state index contributed by atoms with van der Waals surface area (Å²) in [4.78, 5) is 0.257. The first-order chi connectivity index (χ1) is 7.49. The van der Waals surface area contributed by atoms with Crippen LogP contribution in [0.2, 0.25) is 0 Å². The summed E-state index contributed by atoms with van der Waals surface area (Å²) in [5, 5.41) is 0.969. The fourth-order valence-corrected chi connectivity index (χ4v) is 3.00. The van der Waals surface area contributed by atoms with E-state index in [1.807, 2.05) is 0 Å². The SMILES string of the molecule is FC(F)(F)Sc1ccc(C2CC2CBr)cc1. The van der Waals surface area contributed by atoms with Crippen LogP contribution in [-0.4, -0.2) is 10.8 Å². The minimum Gasteiger partial charge on any atom is -0.160 e. The zero-order valence-electron chi connectivity index (χ0n) is 8.30. The van der Waals surface area contributed by atoms with Crippen molar-refractivity contribution in [2.75, 3.05) is 5.33 Å². The molecule has 0 heterocycles. The maximum atomic E-state index is 12.1. The topological polar surface area (TPSA) is 0 Å². The predicted molar refractivity (Wildman–Crippen MR) is 63.0 cm³/mol. The molecule has 1 aliphatic rings. The first kappa shape index (κ1) is 12.3. The summed E-state index contributed by atoms with van der Waals surface area (Å²) in [6.45, 7) is 0. The highest BCUT2D eigenvalue weighted by Crippen LogP contribution is 2.48. The Morgan fingerprint density at radius 3 is 2.31 bits per heavy atom. The van der Waals surface area contributed by atoms with Gasteiger partial charge < -0.3 is 0 Å². The van der Waals surface area contributed by atoms with E-state index >= 15 is 0 Å². The molecule has 1 aromatic rings. The maximum Gasteiger partial charge on any atom is 0.446 e. The molecule has 0 amide bonds. The minimum absolute atomic E-state index is 0.0611. The van der Waals surface area contributed by atoms with Gasteiger partial charge in [0.1, 0.15) is 0 Å². The van der Waals surface area contributed by atoms with Gasteiger partial charge in [0.15, 0.2) is 0 Å². The Morgan fingerprint density at radius 1 is 1.25 bits per heavy atom. The van der Waals surface area contributed by atoms with Crippen molar-refractivity contribution in [3.05, 3.63) is 29.8 Å². The van der Waals surface area contributed by atoms with E-state index in [0.717, 1.165) is 17.3 Å². The van der Waals surface area contributed by atoms with Gasteiger partial charge >= 0.3 is 5.51 Å². The first-order valence-corrected chi connectivity index (χ1v) is 6.85. The molecular weight excluding hydrogens is 301 g/mol. The second-order valence-corrected chi connectivity index (χ2v) is 5.66. The standard InChI is InChI=1S/C11H10BrF3S/c12-6-8-5-10(8)7-1-3-9(4-2-7)16-11(13,14)15/h1-4,8,10H,5-6H2. The van der Waals surface area contributed by atoms with Crippen LogP contribution >= 0.6 is 27.7 Å². The zero-order chi connectivity index (χ0) is 11.8. The fraction of sp³-hybridized carbons (Fsp3) is 0.455. The normalized spacial score (nSPS) is 24.5. The Bertz CT molecular complexity index is 360. The number of alkyl halides is 4. The lowest BCUT2D eigenvalue weighted by Gasteiger charge is -2.06. The summed E-state index contributed by atoms with van der Waals surface area (Å²) in [5.74, 6) is 1.19. The smallest absolute Gasteiger partial charge is 0.160 e. The third-order valence-electron chi connectivity index (χ3n) is 2.66. The minimum atomic E-state index is -4.19. The van der Waals surface area contributed by atoms with Gasteiger partial charge in [-0.2, -0.15) is 13.2 Å². The number of hydrogen-bond acceptors (Lipinski definition) is 1. The molecule has 0 radical (unpaired) electrons. The van der Waals surface area contributed by atoms with Gasteiger partial charge in [0.05, 0.1) is 0 Å². The molecule has 0 N–H and O–H groups in total. The van der Waals surface area contributed by atoms with Crippen molar-refractivity contribution in [1.82, 2.24) is 0 Å². The Hall–Kier alpha value is -0.160. The van der Waals surface area contributed by atoms with Crippen LogP contribution in [0.15, 0.2) is 29.2 Å². The summed E-state index contributed by atoms with van der Waals surface area (Å²) in [6.07, 6.45) is 1.14. The molecule has 0 bridgehead atoms. The van der Waals surface area contributed by atoms with Crippen molar-refractivity contribution < 1.29 is 13.2 Å². The summed E-state index contributed by atoms with van der Waals surface area (Å²) in [7, 11) is 0. The molecule has 2 unspecified atom stereocenters. The molecule has 1 aliphatic carbocycles. The average molecular weight is 311 g/mol. The molecule has 1 aromatic carbocycles. The summed E-state index contributed by atoms with van der Waals surface area (Å²) >= 11 is 3.35. The molecule has 88 valence electrons. The molecule has 0 spiro atoms. The second-order valence-electron chi connectivity index (χ2n) is 3.87. The van der Waals surface area contributed by atoms with Gasteiger partial charge in [-0.15, -0.1) is 0 Å². The van der Waals surface area contributed by atoms with Crippen molar-refractivity contribution in [2.45, 2.75) is 22.7 Å². The predicted octanol–water partition coefficient (Wildman–Crippen LogP) is 4.80. The lowest BCUT2D eigenvalue weighted by Crippen LogP contribution is -1.98. The van der Waals surface area contributed by atoms with Crippen LogP contribution in [-0.2, 0) is 0 Å². The number of hydrogen-bond donors (Lipinski definition) is 0. The maximum absolute atomic E-state index is 12.1. The molecule has 0 aromatic heterocycles. The second kappa shape index (κ2) is 4.61. The van der Waals surface area contributed by atoms with Crippen LogP contribution in [0, 0.1) is 5.92 Å². The van der Waals surface area contributed by atoms with Crippen molar-refractivity contribution in [3.8, 4) is 0 Å². The molecule has 0 saturated heterocycles. The van der Waals surface area contributed by atoms with E-state index in [1.165, 1.54) is 0 Å². The third-order valence-corrected chi connectivity index (χ3v) is 4.23. The number of rotatable bonds is 3. The van der Waals surface area contributed by atoms with E-state index in [0.29, 0.717) is 11.8 Å². The van der Waals surface area contributed by atoms with Crippen molar-refractivity contribution in [3.63, 3.8) is 0 Å². The van der Waals surface area contributed by atoms with Crippen LogP contribution in [0.4, 0.5) is 13.2 Å².